The van der Waals surface area contributed by atoms with Gasteiger partial charge in [-0.25, -0.2) is 8.42 Å². The number of nitrogens with one attached hydrogen (secondary N) is 3. The van der Waals surface area contributed by atoms with Gasteiger partial charge in [0.25, 0.3) is 0 Å². The summed E-state index contributed by atoms with van der Waals surface area (Å²) in [6, 6.07) is 7.10. The van der Waals surface area contributed by atoms with E-state index in [9.17, 15) is 8.42 Å². The Bertz CT molecular complexity index is 670. The summed E-state index contributed by atoms with van der Waals surface area (Å²) in [5.74, 6) is 0. The minimum atomic E-state index is -3.23. The number of rotatable bonds is 5. The third kappa shape index (κ3) is 3.74. The summed E-state index contributed by atoms with van der Waals surface area (Å²) in [5, 5.41) is 10.4. The van der Waals surface area contributed by atoms with Crippen molar-refractivity contribution >= 4 is 21.4 Å². The first-order chi connectivity index (χ1) is 9.35. The lowest BCUT2D eigenvalue weighted by molar-refractivity contribution is 0.607. The predicted molar refractivity (Wildman–Crippen MR) is 80.3 cm³/mol. The van der Waals surface area contributed by atoms with Crippen LogP contribution in [0, 0.1) is 13.8 Å². The molecular formula is C13H18N4O2S. The van der Waals surface area contributed by atoms with E-state index in [2.05, 4.69) is 20.2 Å². The largest absolute Gasteiger partial charge is 0.381 e. The number of hydrogen-bond acceptors (Lipinski definition) is 4. The van der Waals surface area contributed by atoms with Crippen LogP contribution in [0.1, 0.15) is 17.0 Å². The van der Waals surface area contributed by atoms with Gasteiger partial charge in [-0.15, -0.1) is 0 Å². The predicted octanol–water partition coefficient (Wildman–Crippen LogP) is 2.01. The summed E-state index contributed by atoms with van der Waals surface area (Å²) in [5.41, 5.74) is 4.64. The zero-order valence-corrected chi connectivity index (χ0v) is 12.5. The Kier molecular flexibility index (Phi) is 3.99. The number of H-pyrrole nitrogens is 1. The Morgan fingerprint density at radius 3 is 2.25 bits per heavy atom. The lowest BCUT2D eigenvalue weighted by Crippen LogP contribution is -2.09. The van der Waals surface area contributed by atoms with Crippen molar-refractivity contribution in [2.24, 2.45) is 0 Å². The number of nitrogens with zero attached hydrogens (tertiary/aromatic N) is 1. The number of anilines is 2. The molecule has 2 rings (SSSR count). The average Bonchev–Trinajstić information content (AvgIpc) is 2.67. The van der Waals surface area contributed by atoms with Gasteiger partial charge in [0.2, 0.25) is 10.0 Å². The van der Waals surface area contributed by atoms with Crippen molar-refractivity contribution < 1.29 is 8.42 Å². The SMILES string of the molecule is Cc1n[nH]c(C)c1CNc1ccc(NS(C)(=O)=O)cc1. The first-order valence-electron chi connectivity index (χ1n) is 6.17. The van der Waals surface area contributed by atoms with Crippen molar-refractivity contribution in [3.8, 4) is 0 Å². The van der Waals surface area contributed by atoms with E-state index >= 15 is 0 Å². The highest BCUT2D eigenvalue weighted by molar-refractivity contribution is 7.92. The minimum absolute atomic E-state index is 0.550. The fourth-order valence-electron chi connectivity index (χ4n) is 1.90. The van der Waals surface area contributed by atoms with Crippen LogP contribution in [0.25, 0.3) is 0 Å². The van der Waals surface area contributed by atoms with Crippen molar-refractivity contribution in [2.45, 2.75) is 20.4 Å². The van der Waals surface area contributed by atoms with E-state index in [-0.39, 0.29) is 0 Å². The number of hydrogen-bond donors (Lipinski definition) is 3. The minimum Gasteiger partial charge on any atom is -0.381 e. The van der Waals surface area contributed by atoms with Crippen LogP contribution < -0.4 is 10.0 Å². The molecule has 1 aromatic carbocycles. The molecular weight excluding hydrogens is 276 g/mol. The molecule has 0 amide bonds. The van der Waals surface area contributed by atoms with E-state index in [1.54, 1.807) is 12.1 Å². The lowest BCUT2D eigenvalue weighted by atomic mass is 10.2. The van der Waals surface area contributed by atoms with E-state index in [0.29, 0.717) is 12.2 Å². The summed E-state index contributed by atoms with van der Waals surface area (Å²) in [4.78, 5) is 0. The number of aromatic amines is 1. The Hall–Kier alpha value is -2.02. The van der Waals surface area contributed by atoms with Crippen molar-refractivity contribution in [3.63, 3.8) is 0 Å². The normalized spacial score (nSPS) is 11.3. The molecule has 2 aromatic rings. The molecule has 0 aliphatic carbocycles. The molecule has 0 aliphatic heterocycles. The summed E-state index contributed by atoms with van der Waals surface area (Å²) in [6.45, 7) is 4.61. The van der Waals surface area contributed by atoms with Crippen LogP contribution >= 0.6 is 0 Å². The molecule has 0 unspecified atom stereocenters. The average molecular weight is 294 g/mol. The molecule has 0 aliphatic rings. The molecule has 1 aromatic heterocycles. The van der Waals surface area contributed by atoms with Crippen LogP contribution in [0.5, 0.6) is 0 Å². The first kappa shape index (κ1) is 14.4. The lowest BCUT2D eigenvalue weighted by Gasteiger charge is -2.08. The fourth-order valence-corrected chi connectivity index (χ4v) is 2.46. The van der Waals surface area contributed by atoms with Gasteiger partial charge >= 0.3 is 0 Å². The number of aromatic nitrogens is 2. The molecule has 0 radical (unpaired) electrons. The quantitative estimate of drug-likeness (QED) is 0.787. The van der Waals surface area contributed by atoms with Crippen molar-refractivity contribution in [1.29, 1.82) is 0 Å². The molecule has 7 heteroatoms. The zero-order chi connectivity index (χ0) is 14.8. The highest BCUT2D eigenvalue weighted by Gasteiger charge is 2.06. The third-order valence-corrected chi connectivity index (χ3v) is 3.54. The zero-order valence-electron chi connectivity index (χ0n) is 11.7. The monoisotopic (exact) mass is 294 g/mol. The standard InChI is InChI=1S/C13H18N4O2S/c1-9-13(10(2)16-15-9)8-14-11-4-6-12(7-5-11)17-20(3,18)19/h4-7,14,17H,8H2,1-3H3,(H,15,16). The van der Waals surface area contributed by atoms with E-state index in [0.717, 1.165) is 28.9 Å². The molecule has 0 saturated heterocycles. The number of aryl methyl sites for hydroxylation is 2. The topological polar surface area (TPSA) is 86.9 Å². The van der Waals surface area contributed by atoms with Gasteiger partial charge in [0.1, 0.15) is 0 Å². The van der Waals surface area contributed by atoms with Gasteiger partial charge < -0.3 is 5.32 Å². The number of benzene rings is 1. The maximum absolute atomic E-state index is 11.1. The van der Waals surface area contributed by atoms with E-state index in [1.165, 1.54) is 0 Å². The molecule has 20 heavy (non-hydrogen) atoms. The van der Waals surface area contributed by atoms with Crippen LogP contribution in [0.2, 0.25) is 0 Å². The van der Waals surface area contributed by atoms with Gasteiger partial charge in [-0.3, -0.25) is 9.82 Å². The van der Waals surface area contributed by atoms with Gasteiger partial charge in [-0.05, 0) is 38.1 Å². The van der Waals surface area contributed by atoms with Gasteiger partial charge in [0, 0.05) is 29.2 Å². The van der Waals surface area contributed by atoms with E-state index in [4.69, 9.17) is 0 Å². The van der Waals surface area contributed by atoms with Gasteiger partial charge in [0.05, 0.1) is 11.9 Å². The molecule has 0 bridgehead atoms. The second kappa shape index (κ2) is 5.54. The van der Waals surface area contributed by atoms with Crippen LogP contribution in [0.4, 0.5) is 11.4 Å². The molecule has 0 fully saturated rings. The van der Waals surface area contributed by atoms with Crippen LogP contribution in [-0.2, 0) is 16.6 Å². The third-order valence-electron chi connectivity index (χ3n) is 2.94. The molecule has 0 atom stereocenters. The Morgan fingerprint density at radius 1 is 1.15 bits per heavy atom. The van der Waals surface area contributed by atoms with Crippen molar-refractivity contribution in [3.05, 3.63) is 41.2 Å². The molecule has 3 N–H and O–H groups in total. The number of sulfonamides is 1. The molecule has 0 saturated carbocycles. The maximum atomic E-state index is 11.1. The van der Waals surface area contributed by atoms with Crippen molar-refractivity contribution in [1.82, 2.24) is 10.2 Å². The fraction of sp³-hybridized carbons (Fsp3) is 0.308. The first-order valence-corrected chi connectivity index (χ1v) is 8.06. The Labute approximate surface area is 118 Å². The molecule has 108 valence electrons. The van der Waals surface area contributed by atoms with Crippen molar-refractivity contribution in [2.75, 3.05) is 16.3 Å². The van der Waals surface area contributed by atoms with Gasteiger partial charge in [-0.2, -0.15) is 5.10 Å². The van der Waals surface area contributed by atoms with E-state index < -0.39 is 10.0 Å². The smallest absolute Gasteiger partial charge is 0.229 e. The summed E-state index contributed by atoms with van der Waals surface area (Å²) in [6.07, 6.45) is 1.13. The van der Waals surface area contributed by atoms with E-state index in [1.807, 2.05) is 26.0 Å². The highest BCUT2D eigenvalue weighted by Crippen LogP contribution is 2.17. The van der Waals surface area contributed by atoms with Crippen LogP contribution in [0.3, 0.4) is 0 Å². The molecule has 1 heterocycles. The molecule has 6 nitrogen and oxygen atoms in total. The second-order valence-corrected chi connectivity index (χ2v) is 6.47. The van der Waals surface area contributed by atoms with Gasteiger partial charge in [0.15, 0.2) is 0 Å². The van der Waals surface area contributed by atoms with Crippen LogP contribution in [-0.4, -0.2) is 24.9 Å². The van der Waals surface area contributed by atoms with Gasteiger partial charge in [-0.1, -0.05) is 0 Å². The summed E-state index contributed by atoms with van der Waals surface area (Å²) in [7, 11) is -3.23. The summed E-state index contributed by atoms with van der Waals surface area (Å²) >= 11 is 0. The highest BCUT2D eigenvalue weighted by atomic mass is 32.2. The second-order valence-electron chi connectivity index (χ2n) is 4.72. The Morgan fingerprint density at radius 2 is 1.75 bits per heavy atom. The Balaban J connectivity index is 2.01. The maximum Gasteiger partial charge on any atom is 0.229 e. The van der Waals surface area contributed by atoms with Crippen LogP contribution in [0.15, 0.2) is 24.3 Å². The summed E-state index contributed by atoms with van der Waals surface area (Å²) < 4.78 is 24.6. The molecule has 0 spiro atoms.